The number of carbonyl (C=O) groups is 2. The number of rotatable bonds is 7. The predicted molar refractivity (Wildman–Crippen MR) is 114 cm³/mol. The Hall–Kier alpha value is -3.74. The third-order valence-electron chi connectivity index (χ3n) is 5.58. The fourth-order valence-electron chi connectivity index (χ4n) is 4.16. The minimum Gasteiger partial charge on any atom is -0.481 e. The topological polar surface area (TPSA) is 75.6 Å². The third kappa shape index (κ3) is 4.46. The normalized spacial score (nSPS) is 13.2. The van der Waals surface area contributed by atoms with E-state index in [0.29, 0.717) is 0 Å². The van der Waals surface area contributed by atoms with Crippen LogP contribution in [-0.2, 0) is 16.0 Å². The molecule has 0 radical (unpaired) electrons. The number of carboxylic acid groups (broad SMARTS) is 1. The van der Waals surface area contributed by atoms with Crippen molar-refractivity contribution in [1.29, 1.82) is 0 Å². The Labute approximate surface area is 183 Å². The molecule has 0 bridgehead atoms. The van der Waals surface area contributed by atoms with Gasteiger partial charge < -0.3 is 15.2 Å². The van der Waals surface area contributed by atoms with Crippen LogP contribution in [0, 0.1) is 11.6 Å². The van der Waals surface area contributed by atoms with E-state index in [1.165, 1.54) is 12.1 Å². The van der Waals surface area contributed by atoms with Gasteiger partial charge in [-0.25, -0.2) is 13.6 Å². The van der Waals surface area contributed by atoms with E-state index in [-0.39, 0.29) is 24.5 Å². The molecule has 1 amide bonds. The van der Waals surface area contributed by atoms with Gasteiger partial charge in [0.2, 0.25) is 0 Å². The van der Waals surface area contributed by atoms with Gasteiger partial charge in [-0.05, 0) is 40.3 Å². The van der Waals surface area contributed by atoms with Gasteiger partial charge in [-0.15, -0.1) is 0 Å². The lowest BCUT2D eigenvalue weighted by Gasteiger charge is -2.19. The second-order valence-electron chi connectivity index (χ2n) is 7.68. The van der Waals surface area contributed by atoms with Crippen LogP contribution in [0.2, 0.25) is 0 Å². The lowest BCUT2D eigenvalue weighted by Crippen LogP contribution is -2.39. The Morgan fingerprint density at radius 2 is 1.56 bits per heavy atom. The van der Waals surface area contributed by atoms with Gasteiger partial charge in [-0.3, -0.25) is 4.79 Å². The standard InChI is InChI=1S/C25H21F2NO4/c26-22-11-5-6-15(24(22)27)12-16(13-23(29)30)28-25(31)32-14-21-19-9-3-1-7-17(19)18-8-2-4-10-20(18)21/h1-11,16,21H,12-14H2,(H,28,31)(H,29,30)/t16-/m0/s1. The number of amides is 1. The molecule has 1 aliphatic carbocycles. The van der Waals surface area contributed by atoms with Gasteiger partial charge in [-0.2, -0.15) is 0 Å². The molecule has 0 spiro atoms. The zero-order valence-electron chi connectivity index (χ0n) is 17.1. The second-order valence-corrected chi connectivity index (χ2v) is 7.68. The highest BCUT2D eigenvalue weighted by Gasteiger charge is 2.29. The number of hydrogen-bond acceptors (Lipinski definition) is 3. The Bertz CT molecular complexity index is 1120. The average Bonchev–Trinajstić information content (AvgIpc) is 3.09. The van der Waals surface area contributed by atoms with Gasteiger partial charge in [-0.1, -0.05) is 60.7 Å². The van der Waals surface area contributed by atoms with E-state index < -0.39 is 36.2 Å². The number of fused-ring (bicyclic) bond motifs is 3. The summed E-state index contributed by atoms with van der Waals surface area (Å²) in [5.41, 5.74) is 4.25. The van der Waals surface area contributed by atoms with E-state index in [1.807, 2.05) is 48.5 Å². The number of halogens is 2. The van der Waals surface area contributed by atoms with Crippen molar-refractivity contribution in [1.82, 2.24) is 5.32 Å². The summed E-state index contributed by atoms with van der Waals surface area (Å²) in [6.07, 6.45) is -1.45. The molecule has 164 valence electrons. The van der Waals surface area contributed by atoms with Crippen LogP contribution in [0.15, 0.2) is 66.7 Å². The highest BCUT2D eigenvalue weighted by atomic mass is 19.2. The SMILES string of the molecule is O=C(O)C[C@H](Cc1cccc(F)c1F)NC(=O)OCC1c2ccccc2-c2ccccc21. The first kappa shape index (κ1) is 21.5. The molecule has 1 aliphatic rings. The van der Waals surface area contributed by atoms with Crippen LogP contribution in [0.4, 0.5) is 13.6 Å². The first-order valence-corrected chi connectivity index (χ1v) is 10.2. The molecule has 0 unspecified atom stereocenters. The van der Waals surface area contributed by atoms with Crippen molar-refractivity contribution < 1.29 is 28.2 Å². The number of hydrogen-bond donors (Lipinski definition) is 2. The van der Waals surface area contributed by atoms with Crippen molar-refractivity contribution in [2.45, 2.75) is 24.8 Å². The van der Waals surface area contributed by atoms with Crippen LogP contribution in [0.3, 0.4) is 0 Å². The molecular formula is C25H21F2NO4. The number of benzene rings is 3. The van der Waals surface area contributed by atoms with Gasteiger partial charge in [0.25, 0.3) is 0 Å². The van der Waals surface area contributed by atoms with E-state index in [0.717, 1.165) is 28.3 Å². The quantitative estimate of drug-likeness (QED) is 0.552. The molecule has 2 N–H and O–H groups in total. The maximum absolute atomic E-state index is 14.0. The summed E-state index contributed by atoms with van der Waals surface area (Å²) in [5, 5.41) is 11.6. The Morgan fingerprint density at radius 3 is 2.19 bits per heavy atom. The second kappa shape index (κ2) is 9.18. The van der Waals surface area contributed by atoms with Crippen molar-refractivity contribution in [3.05, 3.63) is 95.1 Å². The highest BCUT2D eigenvalue weighted by Crippen LogP contribution is 2.44. The molecule has 3 aromatic rings. The summed E-state index contributed by atoms with van der Waals surface area (Å²) < 4.78 is 32.9. The molecule has 4 rings (SSSR count). The van der Waals surface area contributed by atoms with Crippen molar-refractivity contribution >= 4 is 12.1 Å². The summed E-state index contributed by atoms with van der Waals surface area (Å²) in [4.78, 5) is 23.7. The first-order chi connectivity index (χ1) is 15.4. The zero-order chi connectivity index (χ0) is 22.7. The monoisotopic (exact) mass is 437 g/mol. The Morgan fingerprint density at radius 1 is 0.938 bits per heavy atom. The lowest BCUT2D eigenvalue weighted by molar-refractivity contribution is -0.137. The smallest absolute Gasteiger partial charge is 0.407 e. The van der Waals surface area contributed by atoms with Crippen molar-refractivity contribution in [2.24, 2.45) is 0 Å². The molecule has 7 heteroatoms. The van der Waals surface area contributed by atoms with Crippen LogP contribution in [0.25, 0.3) is 11.1 Å². The van der Waals surface area contributed by atoms with Gasteiger partial charge in [0, 0.05) is 12.0 Å². The fourth-order valence-corrected chi connectivity index (χ4v) is 4.16. The van der Waals surface area contributed by atoms with Gasteiger partial charge in [0.1, 0.15) is 6.61 Å². The summed E-state index contributed by atoms with van der Waals surface area (Å²) in [6, 6.07) is 18.5. The molecule has 0 saturated heterocycles. The highest BCUT2D eigenvalue weighted by molar-refractivity contribution is 5.79. The number of nitrogens with one attached hydrogen (secondary N) is 1. The number of ether oxygens (including phenoxy) is 1. The number of alkyl carbamates (subject to hydrolysis) is 1. The summed E-state index contributed by atoms with van der Waals surface area (Å²) in [7, 11) is 0. The molecule has 0 saturated carbocycles. The maximum Gasteiger partial charge on any atom is 0.407 e. The minimum absolute atomic E-state index is 0.0183. The summed E-state index contributed by atoms with van der Waals surface area (Å²) >= 11 is 0. The van der Waals surface area contributed by atoms with Crippen LogP contribution in [0.1, 0.15) is 29.0 Å². The van der Waals surface area contributed by atoms with E-state index >= 15 is 0 Å². The van der Waals surface area contributed by atoms with Gasteiger partial charge >= 0.3 is 12.1 Å². The van der Waals surface area contributed by atoms with E-state index in [4.69, 9.17) is 9.84 Å². The molecule has 0 aliphatic heterocycles. The molecule has 5 nitrogen and oxygen atoms in total. The Balaban J connectivity index is 1.45. The van der Waals surface area contributed by atoms with Crippen LogP contribution in [-0.4, -0.2) is 29.8 Å². The predicted octanol–water partition coefficient (Wildman–Crippen LogP) is 4.89. The van der Waals surface area contributed by atoms with Crippen molar-refractivity contribution in [2.75, 3.05) is 6.61 Å². The largest absolute Gasteiger partial charge is 0.481 e. The summed E-state index contributed by atoms with van der Waals surface area (Å²) in [6.45, 7) is 0.0635. The molecule has 1 atom stereocenters. The first-order valence-electron chi connectivity index (χ1n) is 10.2. The number of aliphatic carboxylic acids is 1. The van der Waals surface area contributed by atoms with Crippen LogP contribution in [0.5, 0.6) is 0 Å². The van der Waals surface area contributed by atoms with Crippen LogP contribution >= 0.6 is 0 Å². The fraction of sp³-hybridized carbons (Fsp3) is 0.200. The molecule has 0 fully saturated rings. The Kier molecular flexibility index (Phi) is 6.16. The average molecular weight is 437 g/mol. The molecule has 0 heterocycles. The van der Waals surface area contributed by atoms with Crippen LogP contribution < -0.4 is 5.32 Å². The van der Waals surface area contributed by atoms with Gasteiger partial charge in [0.05, 0.1) is 6.42 Å². The van der Waals surface area contributed by atoms with Crippen molar-refractivity contribution in [3.8, 4) is 11.1 Å². The van der Waals surface area contributed by atoms with E-state index in [9.17, 15) is 18.4 Å². The molecule has 3 aromatic carbocycles. The van der Waals surface area contributed by atoms with Crippen molar-refractivity contribution in [3.63, 3.8) is 0 Å². The maximum atomic E-state index is 14.0. The molecular weight excluding hydrogens is 416 g/mol. The number of carboxylic acids is 1. The third-order valence-corrected chi connectivity index (χ3v) is 5.58. The number of carbonyl (C=O) groups excluding carboxylic acids is 1. The van der Waals surface area contributed by atoms with Gasteiger partial charge in [0.15, 0.2) is 11.6 Å². The zero-order valence-corrected chi connectivity index (χ0v) is 17.1. The minimum atomic E-state index is -1.18. The molecule has 32 heavy (non-hydrogen) atoms. The molecule has 0 aromatic heterocycles. The van der Waals surface area contributed by atoms with E-state index in [2.05, 4.69) is 5.32 Å². The lowest BCUT2D eigenvalue weighted by atomic mass is 9.98. The van der Waals surface area contributed by atoms with E-state index in [1.54, 1.807) is 0 Å². The summed E-state index contributed by atoms with van der Waals surface area (Å²) in [5.74, 6) is -3.41.